The van der Waals surface area contributed by atoms with Crippen molar-refractivity contribution in [3.63, 3.8) is 0 Å². The normalized spacial score (nSPS) is 21.1. The van der Waals surface area contributed by atoms with E-state index in [-0.39, 0.29) is 11.9 Å². The van der Waals surface area contributed by atoms with Crippen LogP contribution in [0.2, 0.25) is 10.0 Å². The van der Waals surface area contributed by atoms with Crippen molar-refractivity contribution in [3.05, 3.63) is 71.0 Å². The monoisotopic (exact) mass is 736 g/mol. The molecule has 1 amide bonds. The third-order valence-corrected chi connectivity index (χ3v) is 11.4. The van der Waals surface area contributed by atoms with Crippen molar-refractivity contribution in [2.24, 2.45) is 0 Å². The van der Waals surface area contributed by atoms with Gasteiger partial charge in [0.1, 0.15) is 17.9 Å². The largest absolute Gasteiger partial charge is 0.494 e. The molecule has 4 aliphatic rings. The van der Waals surface area contributed by atoms with Crippen LogP contribution >= 0.6 is 23.2 Å². The van der Waals surface area contributed by atoms with Gasteiger partial charge in [0.2, 0.25) is 5.91 Å². The molecule has 51 heavy (non-hydrogen) atoms. The van der Waals surface area contributed by atoms with Gasteiger partial charge >= 0.3 is 0 Å². The van der Waals surface area contributed by atoms with Crippen LogP contribution in [-0.2, 0) is 14.4 Å². The van der Waals surface area contributed by atoms with E-state index in [1.165, 1.54) is 25.2 Å². The maximum absolute atomic E-state index is 12.6. The summed E-state index contributed by atoms with van der Waals surface area (Å²) in [5.41, 5.74) is 3.08. The molecule has 0 radical (unpaired) electrons. The molecule has 7 rings (SSSR count). The van der Waals surface area contributed by atoms with E-state index in [2.05, 4.69) is 41.9 Å². The lowest BCUT2D eigenvalue weighted by molar-refractivity contribution is -0.111. The molecule has 0 bridgehead atoms. The SMILES string of the molecule is C=CC(=O)Nc1cc(Nc2cc(N3OCC[C@@H]3c3cccc(Cl)c3Cl)ncn2)c(OC)cc1N1CCC(N2CCC(N3CCOCC3)CC2)CC1. The molecule has 5 heterocycles. The maximum Gasteiger partial charge on any atom is 0.247 e. The number of anilines is 5. The standard InChI is InChI=1S/C37H46Cl2N8O4/c1-3-36(48)43-29-21-30(42-34-23-35(41-24-40-34)47-31(11-18-51-47)27-5-4-6-28(38)37(27)39)33(49-2)22-32(29)46-14-9-25(10-15-46)44-12-7-26(8-13-44)45-16-19-50-20-17-45/h3-6,21-26,31H,1,7-20H2,2H3,(H,43,48)(H,40,41,42)/t31-/m1/s1. The average Bonchev–Trinajstić information content (AvgIpc) is 3.67. The van der Waals surface area contributed by atoms with Crippen molar-refractivity contribution >= 4 is 57.8 Å². The lowest BCUT2D eigenvalue weighted by atomic mass is 9.96. The molecule has 1 atom stereocenters. The van der Waals surface area contributed by atoms with Crippen LogP contribution in [0, 0.1) is 0 Å². The van der Waals surface area contributed by atoms with Crippen molar-refractivity contribution in [1.82, 2.24) is 19.8 Å². The summed E-state index contributed by atoms with van der Waals surface area (Å²) < 4.78 is 11.5. The minimum Gasteiger partial charge on any atom is -0.494 e. The number of likely N-dealkylation sites (tertiary alicyclic amines) is 1. The second-order valence-electron chi connectivity index (χ2n) is 13.4. The van der Waals surface area contributed by atoms with E-state index in [0.29, 0.717) is 57.5 Å². The Hall–Kier alpha value is -3.65. The van der Waals surface area contributed by atoms with Crippen molar-refractivity contribution in [3.8, 4) is 5.75 Å². The molecular formula is C37H46Cl2N8O4. The molecule has 2 N–H and O–H groups in total. The summed E-state index contributed by atoms with van der Waals surface area (Å²) in [5, 5.41) is 9.15. The van der Waals surface area contributed by atoms with E-state index in [1.807, 2.05) is 24.3 Å². The van der Waals surface area contributed by atoms with E-state index >= 15 is 0 Å². The number of nitrogens with zero attached hydrogens (tertiary/aromatic N) is 6. The number of rotatable bonds is 10. The summed E-state index contributed by atoms with van der Waals surface area (Å²) in [7, 11) is 1.64. The number of carbonyl (C=O) groups excluding carboxylic acids is 1. The number of piperidine rings is 2. The van der Waals surface area contributed by atoms with Crippen LogP contribution in [0.3, 0.4) is 0 Å². The van der Waals surface area contributed by atoms with Crippen LogP contribution in [0.15, 0.2) is 55.4 Å². The molecule has 0 saturated carbocycles. The van der Waals surface area contributed by atoms with E-state index in [0.717, 1.165) is 83.0 Å². The zero-order valence-electron chi connectivity index (χ0n) is 29.0. The molecule has 12 nitrogen and oxygen atoms in total. The van der Waals surface area contributed by atoms with Gasteiger partial charge in [0.15, 0.2) is 5.82 Å². The fourth-order valence-electron chi connectivity index (χ4n) is 7.84. The summed E-state index contributed by atoms with van der Waals surface area (Å²) >= 11 is 12.9. The first-order valence-corrected chi connectivity index (χ1v) is 18.6. The number of halogens is 2. The van der Waals surface area contributed by atoms with Crippen LogP contribution in [-0.4, -0.2) is 104 Å². The summed E-state index contributed by atoms with van der Waals surface area (Å²) in [6.07, 6.45) is 8.04. The first kappa shape index (κ1) is 35.7. The minimum absolute atomic E-state index is 0.167. The zero-order chi connectivity index (χ0) is 35.3. The Morgan fingerprint density at radius 2 is 1.65 bits per heavy atom. The number of ether oxygens (including phenoxy) is 2. The van der Waals surface area contributed by atoms with Gasteiger partial charge in [0, 0.05) is 56.8 Å². The Morgan fingerprint density at radius 3 is 2.37 bits per heavy atom. The van der Waals surface area contributed by atoms with Crippen LogP contribution < -0.4 is 25.3 Å². The Balaban J connectivity index is 1.05. The summed E-state index contributed by atoms with van der Waals surface area (Å²) in [5.74, 6) is 1.42. The van der Waals surface area contributed by atoms with Gasteiger partial charge in [-0.1, -0.05) is 41.9 Å². The number of hydrogen-bond acceptors (Lipinski definition) is 11. The van der Waals surface area contributed by atoms with Gasteiger partial charge in [-0.05, 0) is 62.5 Å². The van der Waals surface area contributed by atoms with Gasteiger partial charge in [-0.15, -0.1) is 0 Å². The highest BCUT2D eigenvalue weighted by Crippen LogP contribution is 2.42. The van der Waals surface area contributed by atoms with Gasteiger partial charge < -0.3 is 29.9 Å². The van der Waals surface area contributed by atoms with Gasteiger partial charge in [-0.2, -0.15) is 0 Å². The van der Waals surface area contributed by atoms with E-state index in [4.69, 9.17) is 37.5 Å². The molecule has 2 aromatic carbocycles. The highest BCUT2D eigenvalue weighted by Gasteiger charge is 2.33. The lowest BCUT2D eigenvalue weighted by Gasteiger charge is -2.45. The second-order valence-corrected chi connectivity index (χ2v) is 14.2. The maximum atomic E-state index is 12.6. The number of morpholine rings is 1. The van der Waals surface area contributed by atoms with Crippen LogP contribution in [0.1, 0.15) is 43.7 Å². The lowest BCUT2D eigenvalue weighted by Crippen LogP contribution is -2.52. The Kier molecular flexibility index (Phi) is 11.5. The minimum atomic E-state index is -0.286. The predicted molar refractivity (Wildman–Crippen MR) is 202 cm³/mol. The number of amides is 1. The molecule has 3 aromatic rings. The van der Waals surface area contributed by atoms with E-state index in [1.54, 1.807) is 24.3 Å². The number of methoxy groups -OCH3 is 1. The summed E-state index contributed by atoms with van der Waals surface area (Å²) in [4.78, 5) is 35.3. The molecular weight excluding hydrogens is 691 g/mol. The predicted octanol–water partition coefficient (Wildman–Crippen LogP) is 6.31. The molecule has 272 valence electrons. The molecule has 4 aliphatic heterocycles. The number of hydrogen-bond donors (Lipinski definition) is 2. The zero-order valence-corrected chi connectivity index (χ0v) is 30.5. The molecule has 4 saturated heterocycles. The van der Waals surface area contributed by atoms with Crippen LogP contribution in [0.4, 0.5) is 28.7 Å². The quantitative estimate of drug-likeness (QED) is 0.229. The van der Waals surface area contributed by atoms with Gasteiger partial charge in [0.05, 0.1) is 60.1 Å². The third-order valence-electron chi connectivity index (χ3n) is 10.5. The van der Waals surface area contributed by atoms with Gasteiger partial charge in [0.25, 0.3) is 0 Å². The highest BCUT2D eigenvalue weighted by atomic mass is 35.5. The fourth-order valence-corrected chi connectivity index (χ4v) is 8.27. The fraction of sp³-hybridized carbons (Fsp3) is 0.486. The Labute approximate surface area is 309 Å². The molecule has 4 fully saturated rings. The number of aromatic nitrogens is 2. The first-order valence-electron chi connectivity index (χ1n) is 17.8. The first-order chi connectivity index (χ1) is 24.9. The Morgan fingerprint density at radius 1 is 0.922 bits per heavy atom. The van der Waals surface area contributed by atoms with Crippen molar-refractivity contribution in [2.45, 2.75) is 50.2 Å². The van der Waals surface area contributed by atoms with Crippen molar-refractivity contribution in [2.75, 3.05) is 86.8 Å². The second kappa shape index (κ2) is 16.4. The number of nitrogens with one attached hydrogen (secondary N) is 2. The smallest absolute Gasteiger partial charge is 0.247 e. The summed E-state index contributed by atoms with van der Waals surface area (Å²) in [6, 6.07) is 12.3. The van der Waals surface area contributed by atoms with E-state index in [9.17, 15) is 4.79 Å². The number of carbonyl (C=O) groups is 1. The van der Waals surface area contributed by atoms with Crippen molar-refractivity contribution in [1.29, 1.82) is 0 Å². The molecule has 1 aromatic heterocycles. The van der Waals surface area contributed by atoms with E-state index < -0.39 is 0 Å². The third kappa shape index (κ3) is 8.06. The van der Waals surface area contributed by atoms with Crippen molar-refractivity contribution < 1.29 is 19.1 Å². The Bertz CT molecular complexity index is 1690. The molecule has 0 spiro atoms. The number of hydroxylamine groups is 1. The van der Waals surface area contributed by atoms with Gasteiger partial charge in [-0.25, -0.2) is 15.0 Å². The number of benzene rings is 2. The highest BCUT2D eigenvalue weighted by molar-refractivity contribution is 6.42. The molecule has 0 unspecified atom stereocenters. The molecule has 14 heteroatoms. The summed E-state index contributed by atoms with van der Waals surface area (Å²) in [6.45, 7) is 12.0. The average molecular weight is 738 g/mol. The van der Waals surface area contributed by atoms with Crippen LogP contribution in [0.5, 0.6) is 5.75 Å². The van der Waals surface area contributed by atoms with Crippen LogP contribution in [0.25, 0.3) is 0 Å². The van der Waals surface area contributed by atoms with Gasteiger partial charge in [-0.3, -0.25) is 14.5 Å². The molecule has 0 aliphatic carbocycles. The topological polar surface area (TPSA) is 108 Å².